The van der Waals surface area contributed by atoms with Crippen molar-refractivity contribution in [2.75, 3.05) is 0 Å². The molecule has 2 rings (SSSR count). The summed E-state index contributed by atoms with van der Waals surface area (Å²) in [6, 6.07) is 12.2. The third-order valence-electron chi connectivity index (χ3n) is 2.88. The van der Waals surface area contributed by atoms with Crippen LogP contribution in [-0.2, 0) is 6.42 Å². The lowest BCUT2D eigenvalue weighted by Gasteiger charge is -2.16. The van der Waals surface area contributed by atoms with E-state index in [1.54, 1.807) is 6.20 Å². The van der Waals surface area contributed by atoms with E-state index in [4.69, 9.17) is 17.4 Å². The molecule has 0 saturated heterocycles. The van der Waals surface area contributed by atoms with Gasteiger partial charge in [0.2, 0.25) is 0 Å². The van der Waals surface area contributed by atoms with E-state index in [-0.39, 0.29) is 6.04 Å². The van der Waals surface area contributed by atoms with Crippen LogP contribution in [0.15, 0.2) is 42.6 Å². The quantitative estimate of drug-likeness (QED) is 0.506. The first-order chi connectivity index (χ1) is 8.69. The molecule has 1 heterocycles. The van der Waals surface area contributed by atoms with E-state index in [9.17, 15) is 0 Å². The fourth-order valence-corrected chi connectivity index (χ4v) is 2.16. The van der Waals surface area contributed by atoms with Gasteiger partial charge < -0.3 is 0 Å². The van der Waals surface area contributed by atoms with Crippen LogP contribution in [-0.4, -0.2) is 4.98 Å². The summed E-state index contributed by atoms with van der Waals surface area (Å²) in [7, 11) is 0. The molecule has 0 aliphatic heterocycles. The van der Waals surface area contributed by atoms with E-state index >= 15 is 0 Å². The molecule has 3 nitrogen and oxygen atoms in total. The maximum Gasteiger partial charge on any atom is 0.129 e. The molecule has 1 aromatic heterocycles. The van der Waals surface area contributed by atoms with Crippen molar-refractivity contribution in [3.8, 4) is 0 Å². The Morgan fingerprint density at radius 1 is 1.33 bits per heavy atom. The van der Waals surface area contributed by atoms with Gasteiger partial charge in [-0.1, -0.05) is 41.4 Å². The number of nitrogens with two attached hydrogens (primary N) is 1. The monoisotopic (exact) mass is 261 g/mol. The summed E-state index contributed by atoms with van der Waals surface area (Å²) in [6.45, 7) is 2.08. The summed E-state index contributed by atoms with van der Waals surface area (Å²) in [6.07, 6.45) is 2.51. The molecule has 4 heteroatoms. The normalized spacial score (nSPS) is 12.4. The lowest BCUT2D eigenvalue weighted by atomic mass is 9.99. The maximum absolute atomic E-state index is 5.89. The first-order valence-electron chi connectivity index (χ1n) is 5.82. The standard InChI is InChI=1S/C14H16ClN3/c1-10-3-2-4-11(7-10)8-13(18-16)12-5-6-17-14(15)9-12/h2-7,9,13,18H,8,16H2,1H3. The SMILES string of the molecule is Cc1cccc(CC(NN)c2ccnc(Cl)c2)c1. The molecule has 0 amide bonds. The Morgan fingerprint density at radius 3 is 2.83 bits per heavy atom. The van der Waals surface area contributed by atoms with Gasteiger partial charge in [0.25, 0.3) is 0 Å². The molecule has 3 N–H and O–H groups in total. The van der Waals surface area contributed by atoms with Gasteiger partial charge in [0.1, 0.15) is 5.15 Å². The average molecular weight is 262 g/mol. The molecule has 0 radical (unpaired) electrons. The van der Waals surface area contributed by atoms with Gasteiger partial charge in [-0.3, -0.25) is 11.3 Å². The molecule has 0 bridgehead atoms. The topological polar surface area (TPSA) is 50.9 Å². The zero-order valence-corrected chi connectivity index (χ0v) is 11.0. The minimum absolute atomic E-state index is 0.0345. The summed E-state index contributed by atoms with van der Waals surface area (Å²) in [5.74, 6) is 5.63. The van der Waals surface area contributed by atoms with Gasteiger partial charge in [-0.2, -0.15) is 0 Å². The van der Waals surface area contributed by atoms with Crippen molar-refractivity contribution in [3.05, 3.63) is 64.4 Å². The molecular formula is C14H16ClN3. The van der Waals surface area contributed by atoms with Crippen molar-refractivity contribution >= 4 is 11.6 Å². The number of nitrogens with zero attached hydrogens (tertiary/aromatic N) is 1. The number of rotatable bonds is 4. The van der Waals surface area contributed by atoms with Crippen LogP contribution >= 0.6 is 11.6 Å². The van der Waals surface area contributed by atoms with Gasteiger partial charge in [-0.25, -0.2) is 4.98 Å². The van der Waals surface area contributed by atoms with E-state index in [0.29, 0.717) is 5.15 Å². The molecule has 0 fully saturated rings. The van der Waals surface area contributed by atoms with E-state index in [0.717, 1.165) is 12.0 Å². The fourth-order valence-electron chi connectivity index (χ4n) is 1.98. The van der Waals surface area contributed by atoms with Crippen molar-refractivity contribution in [1.82, 2.24) is 10.4 Å². The van der Waals surface area contributed by atoms with Crippen molar-refractivity contribution < 1.29 is 0 Å². The number of hydrogen-bond acceptors (Lipinski definition) is 3. The number of hydrogen-bond donors (Lipinski definition) is 2. The number of pyridine rings is 1. The number of aryl methyl sites for hydroxylation is 1. The van der Waals surface area contributed by atoms with E-state index in [2.05, 4.69) is 41.6 Å². The lowest BCUT2D eigenvalue weighted by Crippen LogP contribution is -2.29. The van der Waals surface area contributed by atoms with Crippen LogP contribution in [0.4, 0.5) is 0 Å². The van der Waals surface area contributed by atoms with E-state index in [1.165, 1.54) is 11.1 Å². The molecule has 1 aromatic carbocycles. The highest BCUT2D eigenvalue weighted by atomic mass is 35.5. The summed E-state index contributed by atoms with van der Waals surface area (Å²) in [5, 5.41) is 0.483. The summed E-state index contributed by atoms with van der Waals surface area (Å²) >= 11 is 5.89. The van der Waals surface area contributed by atoms with Crippen molar-refractivity contribution in [1.29, 1.82) is 0 Å². The number of nitrogens with one attached hydrogen (secondary N) is 1. The minimum Gasteiger partial charge on any atom is -0.271 e. The lowest BCUT2D eigenvalue weighted by molar-refractivity contribution is 0.551. The second kappa shape index (κ2) is 5.96. The Bertz CT molecular complexity index is 528. The Hall–Kier alpha value is -1.42. The molecule has 1 atom stereocenters. The van der Waals surface area contributed by atoms with Gasteiger partial charge in [0, 0.05) is 6.20 Å². The van der Waals surface area contributed by atoms with Crippen LogP contribution in [0.3, 0.4) is 0 Å². The highest BCUT2D eigenvalue weighted by molar-refractivity contribution is 6.29. The van der Waals surface area contributed by atoms with Crippen LogP contribution in [0.5, 0.6) is 0 Å². The molecule has 0 saturated carbocycles. The van der Waals surface area contributed by atoms with E-state index < -0.39 is 0 Å². The number of aromatic nitrogens is 1. The highest BCUT2D eigenvalue weighted by Gasteiger charge is 2.11. The largest absolute Gasteiger partial charge is 0.271 e. The van der Waals surface area contributed by atoms with Crippen LogP contribution in [0, 0.1) is 6.92 Å². The number of hydrazine groups is 1. The molecule has 2 aromatic rings. The van der Waals surface area contributed by atoms with Gasteiger partial charge in [0.15, 0.2) is 0 Å². The molecule has 0 aliphatic carbocycles. The molecule has 1 unspecified atom stereocenters. The maximum atomic E-state index is 5.89. The summed E-state index contributed by atoms with van der Waals surface area (Å²) in [5.41, 5.74) is 6.36. The van der Waals surface area contributed by atoms with Gasteiger partial charge in [-0.15, -0.1) is 0 Å². The Balaban J connectivity index is 2.19. The molecular weight excluding hydrogens is 246 g/mol. The Kier molecular flexibility index (Phi) is 4.31. The fraction of sp³-hybridized carbons (Fsp3) is 0.214. The van der Waals surface area contributed by atoms with Crippen LogP contribution < -0.4 is 11.3 Å². The number of benzene rings is 1. The zero-order chi connectivity index (χ0) is 13.0. The predicted molar refractivity (Wildman–Crippen MR) is 74.2 cm³/mol. The molecule has 18 heavy (non-hydrogen) atoms. The van der Waals surface area contributed by atoms with Crippen LogP contribution in [0.25, 0.3) is 0 Å². The van der Waals surface area contributed by atoms with Crippen LogP contribution in [0.2, 0.25) is 5.15 Å². The highest BCUT2D eigenvalue weighted by Crippen LogP contribution is 2.20. The smallest absolute Gasteiger partial charge is 0.129 e. The van der Waals surface area contributed by atoms with Crippen molar-refractivity contribution in [3.63, 3.8) is 0 Å². The average Bonchev–Trinajstić information content (AvgIpc) is 2.36. The third-order valence-corrected chi connectivity index (χ3v) is 3.08. The van der Waals surface area contributed by atoms with Gasteiger partial charge in [-0.05, 0) is 36.6 Å². The van der Waals surface area contributed by atoms with Gasteiger partial charge >= 0.3 is 0 Å². The molecule has 94 valence electrons. The second-order valence-corrected chi connectivity index (χ2v) is 4.71. The van der Waals surface area contributed by atoms with Gasteiger partial charge in [0.05, 0.1) is 6.04 Å². The van der Waals surface area contributed by atoms with Crippen molar-refractivity contribution in [2.24, 2.45) is 5.84 Å². The molecule has 0 spiro atoms. The second-order valence-electron chi connectivity index (χ2n) is 4.32. The summed E-state index contributed by atoms with van der Waals surface area (Å²) in [4.78, 5) is 3.97. The van der Waals surface area contributed by atoms with Crippen molar-refractivity contribution in [2.45, 2.75) is 19.4 Å². The zero-order valence-electron chi connectivity index (χ0n) is 10.2. The predicted octanol–water partition coefficient (Wildman–Crippen LogP) is 2.79. The Morgan fingerprint density at radius 2 is 2.17 bits per heavy atom. The Labute approximate surface area is 112 Å². The first kappa shape index (κ1) is 13.0. The third kappa shape index (κ3) is 3.29. The van der Waals surface area contributed by atoms with E-state index in [1.807, 2.05) is 12.1 Å². The summed E-state index contributed by atoms with van der Waals surface area (Å²) < 4.78 is 0. The first-order valence-corrected chi connectivity index (χ1v) is 6.20. The number of halogens is 1. The van der Waals surface area contributed by atoms with Crippen LogP contribution in [0.1, 0.15) is 22.7 Å². The molecule has 0 aliphatic rings. The minimum atomic E-state index is 0.0345.